The first-order valence-electron chi connectivity index (χ1n) is 6.73. The Morgan fingerprint density at radius 2 is 2.10 bits per heavy atom. The summed E-state index contributed by atoms with van der Waals surface area (Å²) < 4.78 is 5.26. The van der Waals surface area contributed by atoms with Gasteiger partial charge in [0.1, 0.15) is 18.8 Å². The highest BCUT2D eigenvalue weighted by Crippen LogP contribution is 2.25. The predicted molar refractivity (Wildman–Crippen MR) is 72.3 cm³/mol. The molecule has 2 N–H and O–H groups in total. The van der Waals surface area contributed by atoms with Crippen molar-refractivity contribution >= 4 is 17.3 Å². The highest BCUT2D eigenvalue weighted by atomic mass is 16.6. The second kappa shape index (κ2) is 7.00. The molecule has 0 bridgehead atoms. The number of morpholine rings is 1. The topological polar surface area (TPSA) is 109 Å². The number of benzene rings is 1. The van der Waals surface area contributed by atoms with Gasteiger partial charge >= 0.3 is 0 Å². The van der Waals surface area contributed by atoms with Gasteiger partial charge in [-0.15, -0.1) is 0 Å². The van der Waals surface area contributed by atoms with Crippen LogP contribution >= 0.6 is 0 Å². The molecule has 0 amide bonds. The van der Waals surface area contributed by atoms with Gasteiger partial charge < -0.3 is 24.9 Å². The fraction of sp³-hybridized carbons (Fsp3) is 0.462. The quantitative estimate of drug-likeness (QED) is 0.477. The number of hydrogen-bond donors (Lipinski definition) is 2. The van der Waals surface area contributed by atoms with E-state index < -0.39 is 10.9 Å². The molecule has 1 aliphatic heterocycles. The third-order valence-electron chi connectivity index (χ3n) is 3.42. The standard InChI is InChI=1S/C13H17N3O5/c17-13(18)10-1-2-11(12(9-10)16(19)20)14-3-4-15-5-7-21-8-6-15/h1-2,9,14H,3-8H2,(H,17,18). The van der Waals surface area contributed by atoms with Crippen LogP contribution < -0.4 is 15.3 Å². The number of rotatable bonds is 6. The van der Waals surface area contributed by atoms with Crippen LogP contribution in [0.25, 0.3) is 0 Å². The lowest BCUT2D eigenvalue weighted by Gasteiger charge is -2.23. The summed E-state index contributed by atoms with van der Waals surface area (Å²) in [6, 6.07) is 3.71. The summed E-state index contributed by atoms with van der Waals surface area (Å²) in [6.07, 6.45) is 0. The number of carboxylic acid groups (broad SMARTS) is 1. The Morgan fingerprint density at radius 1 is 1.38 bits per heavy atom. The maximum atomic E-state index is 11.0. The molecule has 0 spiro atoms. The van der Waals surface area contributed by atoms with Crippen molar-refractivity contribution in [2.24, 2.45) is 0 Å². The molecule has 0 unspecified atom stereocenters. The summed E-state index contributed by atoms with van der Waals surface area (Å²) in [5.41, 5.74) is -0.141. The van der Waals surface area contributed by atoms with Crippen molar-refractivity contribution in [2.45, 2.75) is 0 Å². The van der Waals surface area contributed by atoms with Gasteiger partial charge in [0.25, 0.3) is 5.69 Å². The van der Waals surface area contributed by atoms with Crippen molar-refractivity contribution in [1.82, 2.24) is 0 Å². The maximum Gasteiger partial charge on any atom is 0.292 e. The number of nitrogens with zero attached hydrogens (tertiary/aromatic N) is 1. The molecule has 2 rings (SSSR count). The molecule has 0 radical (unpaired) electrons. The van der Waals surface area contributed by atoms with E-state index in [-0.39, 0.29) is 11.3 Å². The Balaban J connectivity index is 1.98. The first kappa shape index (κ1) is 15.2. The third-order valence-corrected chi connectivity index (χ3v) is 3.42. The van der Waals surface area contributed by atoms with Crippen LogP contribution in [0.1, 0.15) is 10.4 Å². The van der Waals surface area contributed by atoms with Crippen molar-refractivity contribution in [3.63, 3.8) is 0 Å². The summed E-state index contributed by atoms with van der Waals surface area (Å²) in [4.78, 5) is 22.5. The Kier molecular flexibility index (Phi) is 5.07. The summed E-state index contributed by atoms with van der Waals surface area (Å²) in [5, 5.41) is 24.7. The molecule has 1 aromatic carbocycles. The fourth-order valence-corrected chi connectivity index (χ4v) is 2.24. The van der Waals surface area contributed by atoms with Crippen LogP contribution in [-0.2, 0) is 4.74 Å². The van der Waals surface area contributed by atoms with Crippen molar-refractivity contribution in [1.29, 1.82) is 0 Å². The zero-order valence-corrected chi connectivity index (χ0v) is 11.5. The van der Waals surface area contributed by atoms with Crippen molar-refractivity contribution in [3.05, 3.63) is 33.9 Å². The number of nitro benzene ring substituents is 1. The van der Waals surface area contributed by atoms with E-state index in [1.165, 1.54) is 17.0 Å². The number of carboxylic acids is 1. The molecule has 1 fully saturated rings. The molecule has 1 aromatic rings. The van der Waals surface area contributed by atoms with E-state index in [1.807, 2.05) is 0 Å². The number of nitro groups is 1. The molecule has 8 nitrogen and oxygen atoms in total. The number of carbonyl (C=O) groups excluding carboxylic acids is 1. The number of aromatic carboxylic acids is 1. The third kappa shape index (κ3) is 4.14. The van der Waals surface area contributed by atoms with E-state index in [1.54, 1.807) is 0 Å². The SMILES string of the molecule is O=C([O-])c1ccc(NCC[NH+]2CCOCC2)c([N+](=O)[O-])c1. The van der Waals surface area contributed by atoms with Crippen LogP contribution in [-0.4, -0.2) is 50.3 Å². The molecule has 1 saturated heterocycles. The van der Waals surface area contributed by atoms with Crippen LogP contribution in [0.15, 0.2) is 18.2 Å². The largest absolute Gasteiger partial charge is 0.545 e. The molecular formula is C13H17N3O5. The Hall–Kier alpha value is -2.19. The number of quaternary nitrogens is 1. The van der Waals surface area contributed by atoms with Gasteiger partial charge in [0.2, 0.25) is 0 Å². The Labute approximate surface area is 121 Å². The van der Waals surface area contributed by atoms with Crippen LogP contribution in [0.4, 0.5) is 11.4 Å². The smallest absolute Gasteiger partial charge is 0.292 e. The van der Waals surface area contributed by atoms with Gasteiger partial charge in [-0.1, -0.05) is 6.07 Å². The number of nitrogens with one attached hydrogen (secondary N) is 2. The van der Waals surface area contributed by atoms with Gasteiger partial charge in [0, 0.05) is 11.6 Å². The van der Waals surface area contributed by atoms with Crippen molar-refractivity contribution in [2.75, 3.05) is 44.7 Å². The minimum atomic E-state index is -1.43. The minimum Gasteiger partial charge on any atom is -0.545 e. The highest BCUT2D eigenvalue weighted by Gasteiger charge is 2.17. The Morgan fingerprint density at radius 3 is 2.71 bits per heavy atom. The van der Waals surface area contributed by atoms with Crippen LogP contribution in [0.3, 0.4) is 0 Å². The van der Waals surface area contributed by atoms with Gasteiger partial charge in [-0.3, -0.25) is 10.1 Å². The molecule has 0 saturated carbocycles. The fourth-order valence-electron chi connectivity index (χ4n) is 2.24. The zero-order valence-electron chi connectivity index (χ0n) is 11.5. The monoisotopic (exact) mass is 295 g/mol. The van der Waals surface area contributed by atoms with E-state index in [9.17, 15) is 20.0 Å². The van der Waals surface area contributed by atoms with Crippen molar-refractivity contribution < 1.29 is 24.5 Å². The molecule has 0 atom stereocenters. The molecule has 21 heavy (non-hydrogen) atoms. The number of carbonyl (C=O) groups is 1. The zero-order chi connectivity index (χ0) is 15.2. The summed E-state index contributed by atoms with van der Waals surface area (Å²) in [7, 11) is 0. The Bertz CT molecular complexity index is 529. The van der Waals surface area contributed by atoms with E-state index in [4.69, 9.17) is 4.74 Å². The van der Waals surface area contributed by atoms with Gasteiger partial charge in [0.05, 0.1) is 37.2 Å². The first-order chi connectivity index (χ1) is 10.1. The van der Waals surface area contributed by atoms with Gasteiger partial charge in [-0.2, -0.15) is 0 Å². The lowest BCUT2D eigenvalue weighted by molar-refractivity contribution is -0.906. The molecule has 0 aliphatic carbocycles. The lowest BCUT2D eigenvalue weighted by atomic mass is 10.1. The normalized spacial score (nSPS) is 15.6. The first-order valence-corrected chi connectivity index (χ1v) is 6.73. The van der Waals surface area contributed by atoms with Gasteiger partial charge in [-0.05, 0) is 6.07 Å². The number of anilines is 1. The lowest BCUT2D eigenvalue weighted by Crippen LogP contribution is -3.14. The average molecular weight is 295 g/mol. The van der Waals surface area contributed by atoms with E-state index >= 15 is 0 Å². The molecular weight excluding hydrogens is 278 g/mol. The van der Waals surface area contributed by atoms with Gasteiger partial charge in [0.15, 0.2) is 0 Å². The molecule has 8 heteroatoms. The van der Waals surface area contributed by atoms with Gasteiger partial charge in [-0.25, -0.2) is 0 Å². The molecule has 0 aromatic heterocycles. The van der Waals surface area contributed by atoms with Crippen LogP contribution in [0.5, 0.6) is 0 Å². The highest BCUT2D eigenvalue weighted by molar-refractivity contribution is 5.88. The minimum absolute atomic E-state index is 0.203. The van der Waals surface area contributed by atoms with E-state index in [0.717, 1.165) is 38.9 Å². The van der Waals surface area contributed by atoms with Crippen LogP contribution in [0.2, 0.25) is 0 Å². The maximum absolute atomic E-state index is 11.0. The van der Waals surface area contributed by atoms with Crippen molar-refractivity contribution in [3.8, 4) is 0 Å². The molecule has 1 aliphatic rings. The second-order valence-corrected chi connectivity index (χ2v) is 4.82. The predicted octanol–water partition coefficient (Wildman–Crippen LogP) is -1.71. The van der Waals surface area contributed by atoms with E-state index in [2.05, 4.69) is 5.32 Å². The van der Waals surface area contributed by atoms with Crippen LogP contribution in [0, 0.1) is 10.1 Å². The summed E-state index contributed by atoms with van der Waals surface area (Å²) in [6.45, 7) is 4.70. The van der Waals surface area contributed by atoms with E-state index in [0.29, 0.717) is 12.2 Å². The number of ether oxygens (including phenoxy) is 1. The second-order valence-electron chi connectivity index (χ2n) is 4.82. The average Bonchev–Trinajstić information content (AvgIpc) is 2.48. The summed E-state index contributed by atoms with van der Waals surface area (Å²) in [5.74, 6) is -1.43. The summed E-state index contributed by atoms with van der Waals surface area (Å²) >= 11 is 0. The molecule has 114 valence electrons. The molecule has 1 heterocycles. The number of hydrogen-bond acceptors (Lipinski definition) is 6.